The maximum atomic E-state index is 13.3. The second kappa shape index (κ2) is 10.2. The first-order chi connectivity index (χ1) is 19.2. The van der Waals surface area contributed by atoms with Gasteiger partial charge in [-0.15, -0.1) is 11.3 Å². The molecule has 1 aliphatic rings. The molecule has 4 aromatic heterocycles. The van der Waals surface area contributed by atoms with E-state index in [1.165, 1.54) is 17.5 Å². The van der Waals surface area contributed by atoms with E-state index >= 15 is 0 Å². The summed E-state index contributed by atoms with van der Waals surface area (Å²) in [7, 11) is -3.59. The molecule has 6 rings (SSSR count). The number of sulfonamides is 1. The van der Waals surface area contributed by atoms with Crippen LogP contribution in [0.5, 0.6) is 0 Å². The van der Waals surface area contributed by atoms with Crippen molar-refractivity contribution in [3.05, 3.63) is 82.5 Å². The monoisotopic (exact) mass is 576 g/mol. The highest BCUT2D eigenvalue weighted by atomic mass is 32.2. The molecule has 5 aromatic rings. The minimum atomic E-state index is -3.59. The van der Waals surface area contributed by atoms with Crippen molar-refractivity contribution in [2.75, 3.05) is 18.4 Å². The minimum Gasteiger partial charge on any atom is -0.306 e. The first kappa shape index (κ1) is 26.3. The number of aromatic nitrogens is 6. The summed E-state index contributed by atoms with van der Waals surface area (Å²) in [5.41, 5.74) is 4.08. The van der Waals surface area contributed by atoms with Crippen LogP contribution in [0.4, 0.5) is 5.82 Å². The Balaban J connectivity index is 1.27. The molecule has 0 saturated carbocycles. The highest BCUT2D eigenvalue weighted by molar-refractivity contribution is 7.91. The molecule has 1 aliphatic heterocycles. The van der Waals surface area contributed by atoms with E-state index in [0.29, 0.717) is 52.9 Å². The van der Waals surface area contributed by atoms with Crippen molar-refractivity contribution in [2.24, 2.45) is 0 Å². The Morgan fingerprint density at radius 2 is 1.85 bits per heavy atom. The molecule has 0 atom stereocenters. The molecule has 1 saturated heterocycles. The normalized spacial score (nSPS) is 15.1. The molecule has 0 aliphatic carbocycles. The lowest BCUT2D eigenvalue weighted by Crippen LogP contribution is -2.37. The second-order valence-electron chi connectivity index (χ2n) is 9.89. The number of piperidine rings is 1. The van der Waals surface area contributed by atoms with Crippen LogP contribution in [0.15, 0.2) is 59.2 Å². The van der Waals surface area contributed by atoms with Crippen molar-refractivity contribution in [1.29, 1.82) is 0 Å². The summed E-state index contributed by atoms with van der Waals surface area (Å²) in [5.74, 6) is 0.214. The van der Waals surface area contributed by atoms with Gasteiger partial charge in [0.25, 0.3) is 15.9 Å². The van der Waals surface area contributed by atoms with E-state index in [9.17, 15) is 13.2 Å². The van der Waals surface area contributed by atoms with Crippen LogP contribution in [0.2, 0.25) is 0 Å². The van der Waals surface area contributed by atoms with E-state index in [1.807, 2.05) is 44.2 Å². The number of rotatable bonds is 6. The number of nitrogens with zero attached hydrogens (tertiary/aromatic N) is 7. The van der Waals surface area contributed by atoms with Crippen LogP contribution in [-0.2, 0) is 10.0 Å². The molecule has 0 bridgehead atoms. The average Bonchev–Trinajstić information content (AvgIpc) is 3.66. The van der Waals surface area contributed by atoms with Gasteiger partial charge in [0.05, 0.1) is 28.3 Å². The summed E-state index contributed by atoms with van der Waals surface area (Å²) in [6.07, 6.45) is 6.08. The Hall–Kier alpha value is -3.94. The summed E-state index contributed by atoms with van der Waals surface area (Å²) in [6.45, 7) is 6.33. The Morgan fingerprint density at radius 1 is 1.10 bits per heavy atom. The molecule has 1 N–H and O–H groups in total. The minimum absolute atomic E-state index is 0.0386. The van der Waals surface area contributed by atoms with Gasteiger partial charge in [-0.25, -0.2) is 27.6 Å². The molecular weight excluding hydrogens is 548 g/mol. The second-order valence-corrected chi connectivity index (χ2v) is 13.2. The molecule has 0 spiro atoms. The maximum Gasteiger partial charge on any atom is 0.262 e. The third-order valence-corrected chi connectivity index (χ3v) is 10.6. The number of thiazole rings is 1. The van der Waals surface area contributed by atoms with Crippen LogP contribution in [-0.4, -0.2) is 61.1 Å². The number of carbonyl (C=O) groups is 1. The first-order valence-corrected chi connectivity index (χ1v) is 15.2. The molecule has 13 heteroatoms. The van der Waals surface area contributed by atoms with Gasteiger partial charge in [0, 0.05) is 37.5 Å². The van der Waals surface area contributed by atoms with Crippen LogP contribution >= 0.6 is 11.3 Å². The van der Waals surface area contributed by atoms with Crippen molar-refractivity contribution >= 4 is 38.7 Å². The number of aryl methyl sites for hydroxylation is 3. The quantitative estimate of drug-likeness (QED) is 0.322. The van der Waals surface area contributed by atoms with Gasteiger partial charge in [0.15, 0.2) is 9.86 Å². The molecule has 5 heterocycles. The Labute approximate surface area is 235 Å². The predicted octanol–water partition coefficient (Wildman–Crippen LogP) is 4.12. The molecule has 11 nitrogen and oxygen atoms in total. The number of nitrogens with one attached hydrogen (secondary N) is 1. The molecule has 1 aromatic carbocycles. The van der Waals surface area contributed by atoms with Gasteiger partial charge in [-0.1, -0.05) is 17.7 Å². The summed E-state index contributed by atoms with van der Waals surface area (Å²) in [4.78, 5) is 21.9. The van der Waals surface area contributed by atoms with Gasteiger partial charge in [0.2, 0.25) is 0 Å². The number of fused-ring (bicyclic) bond motifs is 1. The van der Waals surface area contributed by atoms with E-state index in [4.69, 9.17) is 5.10 Å². The SMILES string of the molecule is Cc1ccc(-n2nc(C3CCN(S(=O)(=O)c4sc(C)nc4C)CC3)cc2NC(=O)c2cnn3cccnc23)cc1. The predicted molar refractivity (Wildman–Crippen MR) is 152 cm³/mol. The van der Waals surface area contributed by atoms with Crippen molar-refractivity contribution in [3.8, 4) is 5.69 Å². The fourth-order valence-electron chi connectivity index (χ4n) is 5.00. The Bertz CT molecular complexity index is 1810. The van der Waals surface area contributed by atoms with E-state index in [-0.39, 0.29) is 11.8 Å². The molecule has 0 radical (unpaired) electrons. The average molecular weight is 577 g/mol. The zero-order valence-electron chi connectivity index (χ0n) is 22.3. The van der Waals surface area contributed by atoms with Gasteiger partial charge in [-0.05, 0) is 51.8 Å². The summed E-state index contributed by atoms with van der Waals surface area (Å²) in [5, 5.41) is 12.8. The van der Waals surface area contributed by atoms with Gasteiger partial charge in [-0.3, -0.25) is 4.79 Å². The summed E-state index contributed by atoms with van der Waals surface area (Å²) in [6, 6.07) is 11.5. The van der Waals surface area contributed by atoms with E-state index < -0.39 is 10.0 Å². The van der Waals surface area contributed by atoms with Gasteiger partial charge in [0.1, 0.15) is 11.4 Å². The largest absolute Gasteiger partial charge is 0.306 e. The van der Waals surface area contributed by atoms with E-state index in [2.05, 4.69) is 20.4 Å². The maximum absolute atomic E-state index is 13.3. The highest BCUT2D eigenvalue weighted by Crippen LogP contribution is 2.34. The number of amides is 1. The molecule has 1 fully saturated rings. The fourth-order valence-corrected chi connectivity index (χ4v) is 8.09. The number of anilines is 1. The third kappa shape index (κ3) is 4.80. The number of hydrogen-bond donors (Lipinski definition) is 1. The van der Waals surface area contributed by atoms with E-state index in [1.54, 1.807) is 38.9 Å². The van der Waals surface area contributed by atoms with Gasteiger partial charge in [-0.2, -0.15) is 14.5 Å². The Kier molecular flexibility index (Phi) is 6.72. The summed E-state index contributed by atoms with van der Waals surface area (Å²) >= 11 is 1.21. The summed E-state index contributed by atoms with van der Waals surface area (Å²) < 4.78 is 31.7. The Morgan fingerprint density at radius 3 is 2.55 bits per heavy atom. The zero-order valence-corrected chi connectivity index (χ0v) is 23.9. The number of carbonyl (C=O) groups excluding carboxylic acids is 1. The van der Waals surface area contributed by atoms with Crippen LogP contribution in [0.1, 0.15) is 51.1 Å². The zero-order chi connectivity index (χ0) is 28.0. The van der Waals surface area contributed by atoms with Crippen molar-refractivity contribution in [2.45, 2.75) is 43.7 Å². The number of benzene rings is 1. The third-order valence-electron chi connectivity index (χ3n) is 7.08. The first-order valence-electron chi connectivity index (χ1n) is 12.9. The standard InChI is InChI=1S/C27H28N8O3S2/c1-17-5-7-21(8-6-17)35-24(31-26(36)22-16-29-34-12-4-11-28-25(22)34)15-23(32-35)20-9-13-33(14-10-20)40(37,38)27-18(2)30-19(3)39-27/h4-8,11-12,15-16,20H,9-10,13-14H2,1-3H3,(H,31,36). The van der Waals surface area contributed by atoms with Crippen LogP contribution in [0.25, 0.3) is 11.3 Å². The lowest BCUT2D eigenvalue weighted by Gasteiger charge is -2.30. The lowest BCUT2D eigenvalue weighted by atomic mass is 9.95. The van der Waals surface area contributed by atoms with Crippen molar-refractivity contribution < 1.29 is 13.2 Å². The van der Waals surface area contributed by atoms with Crippen molar-refractivity contribution in [1.82, 2.24) is 33.7 Å². The molecule has 40 heavy (non-hydrogen) atoms. The molecular formula is C27H28N8O3S2. The smallest absolute Gasteiger partial charge is 0.262 e. The highest BCUT2D eigenvalue weighted by Gasteiger charge is 2.34. The molecule has 1 amide bonds. The van der Waals surface area contributed by atoms with Gasteiger partial charge >= 0.3 is 0 Å². The van der Waals surface area contributed by atoms with Crippen LogP contribution < -0.4 is 5.32 Å². The fraction of sp³-hybridized carbons (Fsp3) is 0.296. The van der Waals surface area contributed by atoms with Crippen LogP contribution in [0, 0.1) is 20.8 Å². The topological polar surface area (TPSA) is 127 Å². The lowest BCUT2D eigenvalue weighted by molar-refractivity contribution is 0.102. The van der Waals surface area contributed by atoms with Crippen LogP contribution in [0.3, 0.4) is 0 Å². The van der Waals surface area contributed by atoms with E-state index in [0.717, 1.165) is 22.0 Å². The molecule has 206 valence electrons. The molecule has 0 unspecified atom stereocenters. The van der Waals surface area contributed by atoms with Gasteiger partial charge < -0.3 is 5.32 Å². The number of hydrogen-bond acceptors (Lipinski definition) is 8. The van der Waals surface area contributed by atoms with Crippen molar-refractivity contribution in [3.63, 3.8) is 0 Å².